The number of thiophene rings is 1. The van der Waals surface area contributed by atoms with Crippen molar-refractivity contribution >= 4 is 33.0 Å². The lowest BCUT2D eigenvalue weighted by atomic mass is 10.1. The van der Waals surface area contributed by atoms with E-state index < -0.39 is 0 Å². The molecule has 0 amide bonds. The highest BCUT2D eigenvalue weighted by molar-refractivity contribution is 9.10. The van der Waals surface area contributed by atoms with Gasteiger partial charge in [-0.05, 0) is 60.4 Å². The molecule has 2 rings (SSSR count). The normalized spacial score (nSPS) is 17.6. The summed E-state index contributed by atoms with van der Waals surface area (Å²) in [7, 11) is 2.05. The average molecular weight is 317 g/mol. The number of halogens is 1. The van der Waals surface area contributed by atoms with Gasteiger partial charge in [0.25, 0.3) is 0 Å². The van der Waals surface area contributed by atoms with Crippen molar-refractivity contribution in [2.45, 2.75) is 18.9 Å². The van der Waals surface area contributed by atoms with Crippen molar-refractivity contribution in [3.8, 4) is 0 Å². The zero-order chi connectivity index (χ0) is 12.3. The van der Waals surface area contributed by atoms with E-state index in [0.717, 1.165) is 35.3 Å². The lowest BCUT2D eigenvalue weighted by Gasteiger charge is -2.30. The van der Waals surface area contributed by atoms with Gasteiger partial charge in [0.1, 0.15) is 0 Å². The third-order valence-corrected chi connectivity index (χ3v) is 5.07. The molecule has 1 saturated heterocycles. The number of nitrogens with zero attached hydrogens (tertiary/aromatic N) is 1. The third-order valence-electron chi connectivity index (χ3n) is 3.20. The number of carbonyl (C=O) groups is 1. The maximum Gasteiger partial charge on any atom is 0.187 e. The van der Waals surface area contributed by atoms with E-state index >= 15 is 0 Å². The van der Waals surface area contributed by atoms with Crippen molar-refractivity contribution in [3.05, 3.63) is 20.8 Å². The first-order valence-electron chi connectivity index (χ1n) is 5.85. The number of Topliss-reactive ketones (excluding diaryl/α,β-unsaturated/α-hetero) is 1. The molecule has 1 aromatic heterocycles. The van der Waals surface area contributed by atoms with Crippen molar-refractivity contribution in [2.24, 2.45) is 0 Å². The monoisotopic (exact) mass is 316 g/mol. The standard InChI is InChI=1S/C12H17BrN2OS/c1-15(9-2-5-14-6-3-9)8-11(16)12-10(13)4-7-17-12/h4,7,9,14H,2-3,5-6,8H2,1H3. The van der Waals surface area contributed by atoms with E-state index in [1.807, 2.05) is 11.4 Å². The number of piperidine rings is 1. The summed E-state index contributed by atoms with van der Waals surface area (Å²) >= 11 is 4.92. The molecule has 1 N–H and O–H groups in total. The number of hydrogen-bond donors (Lipinski definition) is 1. The molecule has 0 radical (unpaired) electrons. The Balaban J connectivity index is 1.92. The molecule has 2 heterocycles. The molecule has 3 nitrogen and oxygen atoms in total. The van der Waals surface area contributed by atoms with Gasteiger partial charge in [0, 0.05) is 10.5 Å². The van der Waals surface area contributed by atoms with Crippen LogP contribution in [0.15, 0.2) is 15.9 Å². The smallest absolute Gasteiger partial charge is 0.187 e. The maximum absolute atomic E-state index is 12.1. The van der Waals surface area contributed by atoms with Crippen LogP contribution in [0.5, 0.6) is 0 Å². The van der Waals surface area contributed by atoms with Gasteiger partial charge in [-0.15, -0.1) is 11.3 Å². The average Bonchev–Trinajstić information content (AvgIpc) is 2.76. The molecule has 0 unspecified atom stereocenters. The summed E-state index contributed by atoms with van der Waals surface area (Å²) in [5.41, 5.74) is 0. The zero-order valence-corrected chi connectivity index (χ0v) is 12.3. The summed E-state index contributed by atoms with van der Waals surface area (Å²) in [5, 5.41) is 5.29. The number of likely N-dealkylation sites (N-methyl/N-ethyl adjacent to an activating group) is 1. The topological polar surface area (TPSA) is 32.3 Å². The van der Waals surface area contributed by atoms with Crippen molar-refractivity contribution in [1.29, 1.82) is 0 Å². The Bertz CT molecular complexity index is 388. The highest BCUT2D eigenvalue weighted by atomic mass is 79.9. The summed E-state index contributed by atoms with van der Waals surface area (Å²) in [4.78, 5) is 15.1. The molecule has 17 heavy (non-hydrogen) atoms. The molecule has 1 fully saturated rings. The van der Waals surface area contributed by atoms with E-state index in [0.29, 0.717) is 12.6 Å². The molecule has 0 atom stereocenters. The maximum atomic E-state index is 12.1. The molecule has 5 heteroatoms. The highest BCUT2D eigenvalue weighted by Gasteiger charge is 2.21. The largest absolute Gasteiger partial charge is 0.317 e. The van der Waals surface area contributed by atoms with Crippen LogP contribution < -0.4 is 5.32 Å². The SMILES string of the molecule is CN(CC(=O)c1sccc1Br)C1CCNCC1. The molecule has 94 valence electrons. The van der Waals surface area contributed by atoms with Crippen molar-refractivity contribution in [3.63, 3.8) is 0 Å². The first-order chi connectivity index (χ1) is 8.18. The predicted molar refractivity (Wildman–Crippen MR) is 74.9 cm³/mol. The lowest BCUT2D eigenvalue weighted by Crippen LogP contribution is -2.43. The van der Waals surface area contributed by atoms with Crippen LogP contribution in [0.25, 0.3) is 0 Å². The van der Waals surface area contributed by atoms with Crippen LogP contribution in [-0.4, -0.2) is 43.4 Å². The van der Waals surface area contributed by atoms with Crippen molar-refractivity contribution in [1.82, 2.24) is 10.2 Å². The summed E-state index contributed by atoms with van der Waals surface area (Å²) in [6, 6.07) is 2.47. The van der Waals surface area contributed by atoms with Crippen molar-refractivity contribution in [2.75, 3.05) is 26.7 Å². The van der Waals surface area contributed by atoms with Crippen molar-refractivity contribution < 1.29 is 4.79 Å². The van der Waals surface area contributed by atoms with Crippen LogP contribution in [0.1, 0.15) is 22.5 Å². The number of carbonyl (C=O) groups excluding carboxylic acids is 1. The minimum atomic E-state index is 0.216. The zero-order valence-electron chi connectivity index (χ0n) is 9.91. The van der Waals surface area contributed by atoms with E-state index in [1.165, 1.54) is 11.3 Å². The minimum absolute atomic E-state index is 0.216. The minimum Gasteiger partial charge on any atom is -0.317 e. The van der Waals surface area contributed by atoms with Gasteiger partial charge in [-0.2, -0.15) is 0 Å². The molecule has 0 aliphatic carbocycles. The van der Waals surface area contributed by atoms with Gasteiger partial charge in [0.2, 0.25) is 0 Å². The fourth-order valence-electron chi connectivity index (χ4n) is 2.17. The first-order valence-corrected chi connectivity index (χ1v) is 7.53. The second-order valence-electron chi connectivity index (χ2n) is 4.42. The summed E-state index contributed by atoms with van der Waals surface area (Å²) in [6.07, 6.45) is 2.27. The second kappa shape index (κ2) is 6.09. The van der Waals surface area contributed by atoms with E-state index in [-0.39, 0.29) is 5.78 Å². The van der Waals surface area contributed by atoms with Gasteiger partial charge < -0.3 is 5.32 Å². The Morgan fingerprint density at radius 2 is 2.29 bits per heavy atom. The van der Waals surface area contributed by atoms with Crippen LogP contribution in [0.4, 0.5) is 0 Å². The van der Waals surface area contributed by atoms with Gasteiger partial charge in [-0.1, -0.05) is 0 Å². The molecule has 0 aromatic carbocycles. The Kier molecular flexibility index (Phi) is 4.73. The summed E-state index contributed by atoms with van der Waals surface area (Å²) in [6.45, 7) is 2.64. The molecule has 1 aromatic rings. The number of hydrogen-bond acceptors (Lipinski definition) is 4. The van der Waals surface area contributed by atoms with Crippen LogP contribution >= 0.6 is 27.3 Å². The number of ketones is 1. The van der Waals surface area contributed by atoms with Crippen LogP contribution in [0.3, 0.4) is 0 Å². The Hall–Kier alpha value is -0.230. The molecule has 1 aliphatic rings. The van der Waals surface area contributed by atoms with Gasteiger partial charge >= 0.3 is 0 Å². The van der Waals surface area contributed by atoms with Crippen LogP contribution in [-0.2, 0) is 0 Å². The molecule has 0 spiro atoms. The number of rotatable bonds is 4. The molecule has 0 saturated carbocycles. The molecule has 0 bridgehead atoms. The van der Waals surface area contributed by atoms with Gasteiger partial charge in [0.05, 0.1) is 11.4 Å². The summed E-state index contributed by atoms with van der Waals surface area (Å²) in [5.74, 6) is 0.216. The van der Waals surface area contributed by atoms with Gasteiger partial charge in [-0.25, -0.2) is 0 Å². The first kappa shape index (κ1) is 13.2. The lowest BCUT2D eigenvalue weighted by molar-refractivity contribution is 0.0907. The van der Waals surface area contributed by atoms with E-state index in [2.05, 4.69) is 33.2 Å². The third kappa shape index (κ3) is 3.37. The predicted octanol–water partition coefficient (Wildman–Crippen LogP) is 2.38. The quantitative estimate of drug-likeness (QED) is 0.866. The molecular formula is C12H17BrN2OS. The molecular weight excluding hydrogens is 300 g/mol. The summed E-state index contributed by atoms with van der Waals surface area (Å²) < 4.78 is 0.922. The Morgan fingerprint density at radius 3 is 2.88 bits per heavy atom. The van der Waals surface area contributed by atoms with E-state index in [9.17, 15) is 4.79 Å². The Morgan fingerprint density at radius 1 is 1.59 bits per heavy atom. The van der Waals surface area contributed by atoms with Gasteiger partial charge in [0.15, 0.2) is 5.78 Å². The highest BCUT2D eigenvalue weighted by Crippen LogP contribution is 2.23. The number of nitrogens with one attached hydrogen (secondary N) is 1. The second-order valence-corrected chi connectivity index (χ2v) is 6.19. The Labute approximate surface area is 114 Å². The van der Waals surface area contributed by atoms with Gasteiger partial charge in [-0.3, -0.25) is 9.69 Å². The van der Waals surface area contributed by atoms with E-state index in [1.54, 1.807) is 0 Å². The molecule has 1 aliphatic heterocycles. The van der Waals surface area contributed by atoms with Crippen LogP contribution in [0, 0.1) is 0 Å². The van der Waals surface area contributed by atoms with Crippen LogP contribution in [0.2, 0.25) is 0 Å². The van der Waals surface area contributed by atoms with E-state index in [4.69, 9.17) is 0 Å². The fraction of sp³-hybridized carbons (Fsp3) is 0.583. The fourth-order valence-corrected chi connectivity index (χ4v) is 3.69.